The Labute approximate surface area is 131 Å². The van der Waals surface area contributed by atoms with Crippen molar-refractivity contribution in [3.8, 4) is 0 Å². The van der Waals surface area contributed by atoms with E-state index in [4.69, 9.17) is 5.73 Å². The van der Waals surface area contributed by atoms with Gasteiger partial charge in [0, 0.05) is 24.2 Å². The van der Waals surface area contributed by atoms with Crippen LogP contribution in [0.3, 0.4) is 0 Å². The number of rotatable bonds is 3. The lowest BCUT2D eigenvalue weighted by atomic mass is 9.67. The van der Waals surface area contributed by atoms with Crippen LogP contribution in [0.1, 0.15) is 67.2 Å². The van der Waals surface area contributed by atoms with Crippen molar-refractivity contribution >= 4 is 5.91 Å². The van der Waals surface area contributed by atoms with E-state index in [1.165, 1.54) is 19.3 Å². The first kappa shape index (κ1) is 14.1. The van der Waals surface area contributed by atoms with Gasteiger partial charge in [-0.05, 0) is 56.4 Å². The number of nitrogens with zero attached hydrogens (tertiary/aromatic N) is 2. The zero-order valence-corrected chi connectivity index (χ0v) is 12.9. The van der Waals surface area contributed by atoms with Crippen LogP contribution in [-0.4, -0.2) is 28.0 Å². The molecule has 0 aromatic carbocycles. The largest absolute Gasteiger partial charge is 0.347 e. The second-order valence-electron chi connectivity index (χ2n) is 7.26. The summed E-state index contributed by atoms with van der Waals surface area (Å²) in [7, 11) is 0. The first-order valence-corrected chi connectivity index (χ1v) is 8.60. The van der Waals surface area contributed by atoms with E-state index in [-0.39, 0.29) is 11.9 Å². The van der Waals surface area contributed by atoms with Gasteiger partial charge in [0.1, 0.15) is 11.5 Å². The van der Waals surface area contributed by atoms with Crippen LogP contribution in [0.15, 0.2) is 12.3 Å². The number of carbonyl (C=O) groups is 1. The minimum atomic E-state index is -0.0401. The predicted molar refractivity (Wildman–Crippen MR) is 83.3 cm³/mol. The second kappa shape index (κ2) is 5.61. The van der Waals surface area contributed by atoms with Crippen LogP contribution in [0.4, 0.5) is 0 Å². The van der Waals surface area contributed by atoms with Gasteiger partial charge in [-0.2, -0.15) is 0 Å². The summed E-state index contributed by atoms with van der Waals surface area (Å²) >= 11 is 0. The van der Waals surface area contributed by atoms with Crippen molar-refractivity contribution in [2.75, 3.05) is 0 Å². The minimum Gasteiger partial charge on any atom is -0.347 e. The third kappa shape index (κ3) is 2.74. The molecule has 2 bridgehead atoms. The summed E-state index contributed by atoms with van der Waals surface area (Å²) in [6.45, 7) is 0. The molecule has 0 saturated heterocycles. The van der Waals surface area contributed by atoms with E-state index in [1.807, 2.05) is 0 Å². The zero-order chi connectivity index (χ0) is 15.1. The molecule has 1 aromatic rings. The monoisotopic (exact) mass is 300 g/mol. The van der Waals surface area contributed by atoms with Gasteiger partial charge < -0.3 is 11.1 Å². The summed E-state index contributed by atoms with van der Waals surface area (Å²) in [4.78, 5) is 21.3. The average Bonchev–Trinajstić information content (AvgIpc) is 3.33. The van der Waals surface area contributed by atoms with Gasteiger partial charge in [0.05, 0.1) is 0 Å². The summed E-state index contributed by atoms with van der Waals surface area (Å²) < 4.78 is 0. The fraction of sp³-hybridized carbons (Fsp3) is 0.706. The Hall–Kier alpha value is -1.49. The lowest BCUT2D eigenvalue weighted by molar-refractivity contribution is 0.0751. The van der Waals surface area contributed by atoms with E-state index in [1.54, 1.807) is 12.3 Å². The fourth-order valence-electron chi connectivity index (χ4n) is 4.29. The van der Waals surface area contributed by atoms with Crippen molar-refractivity contribution in [1.82, 2.24) is 15.3 Å². The Kier molecular flexibility index (Phi) is 3.60. The van der Waals surface area contributed by atoms with Crippen molar-refractivity contribution in [3.05, 3.63) is 23.8 Å². The average molecular weight is 300 g/mol. The smallest absolute Gasteiger partial charge is 0.270 e. The van der Waals surface area contributed by atoms with Crippen molar-refractivity contribution in [1.29, 1.82) is 0 Å². The molecule has 1 aromatic heterocycles. The first-order valence-electron chi connectivity index (χ1n) is 8.60. The summed E-state index contributed by atoms with van der Waals surface area (Å²) in [5.41, 5.74) is 6.67. The normalized spacial score (nSPS) is 34.2. The van der Waals surface area contributed by atoms with Gasteiger partial charge in [-0.15, -0.1) is 0 Å². The van der Waals surface area contributed by atoms with Gasteiger partial charge in [0.15, 0.2) is 0 Å². The van der Waals surface area contributed by atoms with Crippen LogP contribution in [0.2, 0.25) is 0 Å². The van der Waals surface area contributed by atoms with E-state index < -0.39 is 0 Å². The molecule has 2 atom stereocenters. The molecule has 3 aliphatic carbocycles. The molecule has 5 nitrogen and oxygen atoms in total. The van der Waals surface area contributed by atoms with Gasteiger partial charge >= 0.3 is 0 Å². The lowest BCUT2D eigenvalue weighted by Gasteiger charge is -2.45. The van der Waals surface area contributed by atoms with Crippen molar-refractivity contribution in [2.45, 2.75) is 62.9 Å². The van der Waals surface area contributed by atoms with Crippen molar-refractivity contribution < 1.29 is 4.79 Å². The summed E-state index contributed by atoms with van der Waals surface area (Å²) in [6, 6.07) is 2.32. The van der Waals surface area contributed by atoms with Gasteiger partial charge in [-0.1, -0.05) is 6.42 Å². The molecule has 0 radical (unpaired) electrons. The molecule has 3 aliphatic rings. The highest BCUT2D eigenvalue weighted by molar-refractivity contribution is 5.92. The number of amides is 1. The molecule has 2 unspecified atom stereocenters. The van der Waals surface area contributed by atoms with Gasteiger partial charge in [-0.25, -0.2) is 9.97 Å². The SMILES string of the molecule is NC1CC2CCCC(C1)C2NC(=O)c1ccnc(C2CC2)n1. The van der Waals surface area contributed by atoms with Crippen LogP contribution in [-0.2, 0) is 0 Å². The van der Waals surface area contributed by atoms with E-state index in [9.17, 15) is 4.79 Å². The zero-order valence-electron chi connectivity index (χ0n) is 12.9. The lowest BCUT2D eigenvalue weighted by Crippen LogP contribution is -2.53. The molecule has 0 spiro atoms. The van der Waals surface area contributed by atoms with Crippen LogP contribution < -0.4 is 11.1 Å². The van der Waals surface area contributed by atoms with Crippen LogP contribution in [0.25, 0.3) is 0 Å². The highest BCUT2D eigenvalue weighted by Crippen LogP contribution is 2.40. The topological polar surface area (TPSA) is 80.9 Å². The van der Waals surface area contributed by atoms with Crippen molar-refractivity contribution in [3.63, 3.8) is 0 Å². The Morgan fingerprint density at radius 3 is 2.59 bits per heavy atom. The maximum Gasteiger partial charge on any atom is 0.270 e. The minimum absolute atomic E-state index is 0.0401. The van der Waals surface area contributed by atoms with Crippen molar-refractivity contribution in [2.24, 2.45) is 17.6 Å². The Morgan fingerprint density at radius 2 is 1.91 bits per heavy atom. The molecule has 1 amide bonds. The van der Waals surface area contributed by atoms with E-state index in [0.717, 1.165) is 31.5 Å². The number of carbonyl (C=O) groups excluding carboxylic acids is 1. The summed E-state index contributed by atoms with van der Waals surface area (Å²) in [6.07, 6.45) is 9.74. The molecule has 4 rings (SSSR count). The first-order chi connectivity index (χ1) is 10.7. The summed E-state index contributed by atoms with van der Waals surface area (Å²) in [5.74, 6) is 2.34. The highest BCUT2D eigenvalue weighted by atomic mass is 16.1. The quantitative estimate of drug-likeness (QED) is 0.894. The number of nitrogens with one attached hydrogen (secondary N) is 1. The maximum absolute atomic E-state index is 12.6. The summed E-state index contributed by atoms with van der Waals surface area (Å²) in [5, 5.41) is 3.26. The number of hydrogen-bond acceptors (Lipinski definition) is 4. The van der Waals surface area contributed by atoms with Gasteiger partial charge in [-0.3, -0.25) is 4.79 Å². The standard InChI is InChI=1S/C17H24N4O/c18-13-8-11-2-1-3-12(9-13)15(11)21-17(22)14-6-7-19-16(20-14)10-4-5-10/h6-7,10-13,15H,1-5,8-9,18H2,(H,21,22). The third-order valence-corrected chi connectivity index (χ3v) is 5.52. The number of hydrogen-bond donors (Lipinski definition) is 2. The Morgan fingerprint density at radius 1 is 1.18 bits per heavy atom. The fourth-order valence-corrected chi connectivity index (χ4v) is 4.29. The molecule has 1 heterocycles. The molecule has 3 N–H and O–H groups in total. The van der Waals surface area contributed by atoms with Crippen LogP contribution >= 0.6 is 0 Å². The molecule has 5 heteroatoms. The van der Waals surface area contributed by atoms with E-state index >= 15 is 0 Å². The molecule has 22 heavy (non-hydrogen) atoms. The highest BCUT2D eigenvalue weighted by Gasteiger charge is 2.40. The van der Waals surface area contributed by atoms with E-state index in [0.29, 0.717) is 29.5 Å². The van der Waals surface area contributed by atoms with Crippen LogP contribution in [0, 0.1) is 11.8 Å². The molecule has 3 saturated carbocycles. The Balaban J connectivity index is 1.48. The molecular weight excluding hydrogens is 276 g/mol. The third-order valence-electron chi connectivity index (χ3n) is 5.52. The Bertz CT molecular complexity index is 558. The predicted octanol–water partition coefficient (Wildman–Crippen LogP) is 1.99. The van der Waals surface area contributed by atoms with E-state index in [2.05, 4.69) is 15.3 Å². The molecule has 3 fully saturated rings. The molecular formula is C17H24N4O. The number of nitrogens with two attached hydrogens (primary N) is 1. The van der Waals surface area contributed by atoms with Gasteiger partial charge in [0.25, 0.3) is 5.91 Å². The molecule has 0 aliphatic heterocycles. The number of fused-ring (bicyclic) bond motifs is 2. The number of aromatic nitrogens is 2. The second-order valence-corrected chi connectivity index (χ2v) is 7.26. The molecule has 118 valence electrons. The van der Waals surface area contributed by atoms with Crippen LogP contribution in [0.5, 0.6) is 0 Å². The maximum atomic E-state index is 12.6. The van der Waals surface area contributed by atoms with Gasteiger partial charge in [0.2, 0.25) is 0 Å².